The van der Waals surface area contributed by atoms with Crippen LogP contribution in [-0.2, 0) is 37.0 Å². The molecule has 0 bridgehead atoms. The number of hydrogen-bond acceptors (Lipinski definition) is 12. The zero-order valence-electron chi connectivity index (χ0n) is 37.6. The van der Waals surface area contributed by atoms with E-state index in [2.05, 4.69) is 10.0 Å². The second kappa shape index (κ2) is 25.2. The van der Waals surface area contributed by atoms with Gasteiger partial charge in [-0.25, -0.2) is 0 Å². The number of methoxy groups -OCH3 is 2. The van der Waals surface area contributed by atoms with Crippen molar-refractivity contribution in [3.05, 3.63) is 173 Å². The number of hydrogen-bond donors (Lipinski definition) is 0. The fourth-order valence-corrected chi connectivity index (χ4v) is 8.52. The first-order valence-corrected chi connectivity index (χ1v) is 21.9. The number of nitro groups is 2. The Morgan fingerprint density at radius 1 is 0.706 bits per heavy atom. The van der Waals surface area contributed by atoms with Crippen LogP contribution in [0.25, 0.3) is 48.7 Å². The van der Waals surface area contributed by atoms with Crippen LogP contribution in [0.3, 0.4) is 0 Å². The molecular weight excluding hydrogens is 912 g/mol. The summed E-state index contributed by atoms with van der Waals surface area (Å²) in [5.41, 5.74) is 27.2. The second-order valence-corrected chi connectivity index (χ2v) is 16.8. The number of ether oxygens (including phenoxy) is 2. The summed E-state index contributed by atoms with van der Waals surface area (Å²) in [7, 11) is -0.898. The Hall–Kier alpha value is -7.03. The molecule has 2 aliphatic heterocycles. The molecule has 0 spiro atoms. The SMILES string of the molecule is COc1ccc(CN2C(=O)CC[C@H]2CN=[N+]=[N-])cc1-c1cccc([N+](=O)[O-])c1.COc1ccc(CN2C(=O)CC[C@H]2COS(=O)(=O)c2ccc(C)cc2)cc1-c1cccc([N+](=O)[O-])c1.[N-]=[N+]=[N-].[Na+]. The van der Waals surface area contributed by atoms with Crippen molar-refractivity contribution < 1.29 is 71.1 Å². The molecule has 7 rings (SSSR count). The molecular formula is C45H45N10NaO11S. The molecule has 68 heavy (non-hydrogen) atoms. The third-order valence-corrected chi connectivity index (χ3v) is 12.3. The molecule has 2 saturated heterocycles. The van der Waals surface area contributed by atoms with Crippen molar-refractivity contribution in [3.8, 4) is 33.8 Å². The molecule has 2 fully saturated rings. The molecule has 0 unspecified atom stereocenters. The molecule has 0 aromatic heterocycles. The summed E-state index contributed by atoms with van der Waals surface area (Å²) in [5.74, 6) is 1.05. The van der Waals surface area contributed by atoms with Gasteiger partial charge >= 0.3 is 29.6 Å². The van der Waals surface area contributed by atoms with Crippen molar-refractivity contribution >= 4 is 33.3 Å². The van der Waals surface area contributed by atoms with Crippen molar-refractivity contribution in [2.75, 3.05) is 27.4 Å². The predicted octanol–water partition coefficient (Wildman–Crippen LogP) is 6.42. The van der Waals surface area contributed by atoms with Gasteiger partial charge in [0.25, 0.3) is 21.5 Å². The number of likely N-dealkylation sites (tertiary alicyclic amines) is 2. The normalized spacial score (nSPS) is 15.0. The average Bonchev–Trinajstić information content (AvgIpc) is 3.86. The number of nitro benzene ring substituents is 2. The average molecular weight is 957 g/mol. The summed E-state index contributed by atoms with van der Waals surface area (Å²) in [5, 5.41) is 25.9. The van der Waals surface area contributed by atoms with Crippen molar-refractivity contribution in [1.82, 2.24) is 9.80 Å². The number of carbonyl (C=O) groups excluding carboxylic acids is 2. The van der Waals surface area contributed by atoms with Crippen LogP contribution in [0.1, 0.15) is 42.4 Å². The van der Waals surface area contributed by atoms with Crippen LogP contribution in [0, 0.1) is 27.2 Å². The summed E-state index contributed by atoms with van der Waals surface area (Å²) >= 11 is 0. The van der Waals surface area contributed by atoms with Gasteiger partial charge in [0.15, 0.2) is 0 Å². The van der Waals surface area contributed by atoms with Gasteiger partial charge in [-0.2, -0.15) is 8.42 Å². The standard InChI is InChI=1S/C26H26N2O7S.C19H19N5O4.N3.Na/c1-18-6-10-23(11-7-18)36(32,33)35-17-22-9-13-26(29)27(22)16-19-8-12-25(34-2)24(14-19)20-4-3-5-21(15-20)28(30)31;1-28-18-7-5-13(12-23-16(11-21-22-20)6-8-19(23)25)9-17(18)14-3-2-4-15(10-14)24(26)27;1-3-2;/h3-8,10-12,14-15,22H,9,13,16-17H2,1-2H3;2-5,7,9-10,16H,6,8,11-12H2,1H3;;/q;;-1;+1/t22-;16-;;/m00../s1. The summed E-state index contributed by atoms with van der Waals surface area (Å²) in [6.07, 6.45) is 1.87. The number of non-ortho nitro benzene ring substituents is 2. The molecule has 5 aromatic rings. The molecule has 21 nitrogen and oxygen atoms in total. The summed E-state index contributed by atoms with van der Waals surface area (Å²) in [6, 6.07) is 29.3. The monoisotopic (exact) mass is 956 g/mol. The fraction of sp³-hybridized carbons (Fsp3) is 0.289. The van der Waals surface area contributed by atoms with Crippen molar-refractivity contribution in [2.24, 2.45) is 5.11 Å². The molecule has 0 saturated carbocycles. The Morgan fingerprint density at radius 2 is 1.16 bits per heavy atom. The number of nitrogens with zero attached hydrogens (tertiary/aromatic N) is 10. The van der Waals surface area contributed by atoms with Gasteiger partial charge in [-0.05, 0) is 83.9 Å². The van der Waals surface area contributed by atoms with Gasteiger partial charge in [-0.15, -0.1) is 0 Å². The van der Waals surface area contributed by atoms with E-state index < -0.39 is 26.0 Å². The number of benzene rings is 5. The van der Waals surface area contributed by atoms with E-state index in [-0.39, 0.29) is 83.4 Å². The number of aryl methyl sites for hydroxylation is 1. The van der Waals surface area contributed by atoms with E-state index >= 15 is 0 Å². The summed E-state index contributed by atoms with van der Waals surface area (Å²) < 4.78 is 41.4. The number of rotatable bonds is 16. The van der Waals surface area contributed by atoms with E-state index in [1.165, 1.54) is 55.5 Å². The van der Waals surface area contributed by atoms with Gasteiger partial charge < -0.3 is 30.3 Å². The minimum Gasteiger partial charge on any atom is -0.496 e. The predicted molar refractivity (Wildman–Crippen MR) is 246 cm³/mol. The van der Waals surface area contributed by atoms with Gasteiger partial charge in [-0.1, -0.05) is 59.2 Å². The van der Waals surface area contributed by atoms with Crippen molar-refractivity contribution in [3.63, 3.8) is 0 Å². The quantitative estimate of drug-likeness (QED) is 0.0198. The molecule has 2 atom stereocenters. The van der Waals surface area contributed by atoms with Gasteiger partial charge in [0.05, 0.1) is 41.6 Å². The third kappa shape index (κ3) is 14.0. The third-order valence-electron chi connectivity index (χ3n) is 11.0. The molecule has 5 aromatic carbocycles. The van der Waals surface area contributed by atoms with Crippen LogP contribution >= 0.6 is 0 Å². The van der Waals surface area contributed by atoms with Gasteiger partial charge in [0, 0.05) is 78.8 Å². The second-order valence-electron chi connectivity index (χ2n) is 15.2. The molecule has 2 heterocycles. The Bertz CT molecular complexity index is 2820. The van der Waals surface area contributed by atoms with Crippen LogP contribution in [0.15, 0.2) is 119 Å². The molecule has 0 radical (unpaired) electrons. The maximum absolute atomic E-state index is 12.6. The van der Waals surface area contributed by atoms with E-state index in [9.17, 15) is 38.2 Å². The Kier molecular flexibility index (Phi) is 19.9. The van der Waals surface area contributed by atoms with Crippen LogP contribution < -0.4 is 39.0 Å². The first-order chi connectivity index (χ1) is 32.1. The minimum atomic E-state index is -3.95. The molecule has 0 aliphatic carbocycles. The van der Waals surface area contributed by atoms with E-state index in [1.54, 1.807) is 58.3 Å². The topological polar surface area (TPSA) is 296 Å². The van der Waals surface area contributed by atoms with Crippen LogP contribution in [0.5, 0.6) is 11.5 Å². The van der Waals surface area contributed by atoms with Crippen molar-refractivity contribution in [2.45, 2.75) is 62.7 Å². The van der Waals surface area contributed by atoms with Crippen LogP contribution in [0.2, 0.25) is 0 Å². The van der Waals surface area contributed by atoms with E-state index in [4.69, 9.17) is 30.3 Å². The van der Waals surface area contributed by atoms with Crippen LogP contribution in [0.4, 0.5) is 11.4 Å². The van der Waals surface area contributed by atoms with E-state index in [1.807, 2.05) is 31.2 Å². The molecule has 0 N–H and O–H groups in total. The Labute approximate surface area is 413 Å². The van der Waals surface area contributed by atoms with Gasteiger partial charge in [0.1, 0.15) is 11.5 Å². The summed E-state index contributed by atoms with van der Waals surface area (Å²) in [6.45, 7) is 2.58. The number of amides is 2. The maximum Gasteiger partial charge on any atom is 1.00 e. The zero-order chi connectivity index (χ0) is 48.7. The smallest absolute Gasteiger partial charge is 0.496 e. The number of azide groups is 1. The molecule has 348 valence electrons. The molecule has 2 aliphatic rings. The van der Waals surface area contributed by atoms with Gasteiger partial charge in [-0.3, -0.25) is 38.9 Å². The Balaban J connectivity index is 0.000000284. The summed E-state index contributed by atoms with van der Waals surface area (Å²) in [4.78, 5) is 54.0. The minimum absolute atomic E-state index is 0. The van der Waals surface area contributed by atoms with Crippen LogP contribution in [-0.4, -0.2) is 79.3 Å². The first kappa shape index (κ1) is 53.6. The largest absolute Gasteiger partial charge is 1.00 e. The Morgan fingerprint density at radius 3 is 1.60 bits per heavy atom. The molecule has 23 heteroatoms. The zero-order valence-corrected chi connectivity index (χ0v) is 40.4. The first-order valence-electron chi connectivity index (χ1n) is 20.5. The molecule has 2 amide bonds. The van der Waals surface area contributed by atoms with Gasteiger partial charge in [0.2, 0.25) is 11.8 Å². The fourth-order valence-electron chi connectivity index (χ4n) is 7.58. The van der Waals surface area contributed by atoms with Crippen molar-refractivity contribution in [1.29, 1.82) is 0 Å². The van der Waals surface area contributed by atoms with E-state index in [0.717, 1.165) is 16.7 Å². The maximum atomic E-state index is 12.6. The van der Waals surface area contributed by atoms with E-state index in [0.29, 0.717) is 66.0 Å². The number of carbonyl (C=O) groups is 2.